The van der Waals surface area contributed by atoms with E-state index in [1.165, 1.54) is 12.1 Å². The van der Waals surface area contributed by atoms with E-state index in [4.69, 9.17) is 21.1 Å². The van der Waals surface area contributed by atoms with Crippen LogP contribution in [-0.2, 0) is 19.6 Å². The molecule has 0 aliphatic heterocycles. The van der Waals surface area contributed by atoms with E-state index >= 15 is 0 Å². The first-order valence-electron chi connectivity index (χ1n) is 10.4. The molecule has 0 unspecified atom stereocenters. The molecule has 3 aromatic carbocycles. The Kier molecular flexibility index (Phi) is 7.07. The summed E-state index contributed by atoms with van der Waals surface area (Å²) >= 11 is 6.48. The Morgan fingerprint density at radius 1 is 1.12 bits per heavy atom. The molecule has 0 radical (unpaired) electrons. The zero-order valence-corrected chi connectivity index (χ0v) is 18.8. The molecule has 2 N–H and O–H groups in total. The molecule has 0 spiro atoms. The first-order chi connectivity index (χ1) is 16.0. The topological polar surface area (TPSA) is 102 Å². The monoisotopic (exact) mass is 466 g/mol. The molecule has 4 aromatic rings. The third-order valence-electron chi connectivity index (χ3n) is 5.17. The maximum atomic E-state index is 10.8. The van der Waals surface area contributed by atoms with Gasteiger partial charge in [0.25, 0.3) is 5.69 Å². The predicted molar refractivity (Wildman–Crippen MR) is 127 cm³/mol. The molecule has 33 heavy (non-hydrogen) atoms. The first kappa shape index (κ1) is 22.6. The summed E-state index contributed by atoms with van der Waals surface area (Å²) in [6, 6.07) is 17.7. The number of ether oxygens (including phenoxy) is 2. The number of fused-ring (bicyclic) bond motifs is 1. The van der Waals surface area contributed by atoms with Gasteiger partial charge in [-0.15, -0.1) is 0 Å². The van der Waals surface area contributed by atoms with E-state index in [1.807, 2.05) is 30.3 Å². The molecule has 0 bridgehead atoms. The van der Waals surface area contributed by atoms with Crippen LogP contribution in [0, 0.1) is 10.1 Å². The van der Waals surface area contributed by atoms with Crippen LogP contribution in [-0.4, -0.2) is 28.5 Å². The van der Waals surface area contributed by atoms with Crippen molar-refractivity contribution in [1.29, 1.82) is 0 Å². The summed E-state index contributed by atoms with van der Waals surface area (Å²) in [6.45, 7) is 1.54. The zero-order chi connectivity index (χ0) is 23.2. The van der Waals surface area contributed by atoms with Gasteiger partial charge in [-0.25, -0.2) is 4.98 Å². The van der Waals surface area contributed by atoms with E-state index in [1.54, 1.807) is 25.3 Å². The van der Waals surface area contributed by atoms with Crippen LogP contribution in [0.2, 0.25) is 5.02 Å². The number of hydrogen-bond donors (Lipinski definition) is 2. The van der Waals surface area contributed by atoms with Gasteiger partial charge >= 0.3 is 0 Å². The third kappa shape index (κ3) is 5.60. The fourth-order valence-electron chi connectivity index (χ4n) is 3.41. The second kappa shape index (κ2) is 10.3. The number of H-pyrrole nitrogens is 1. The van der Waals surface area contributed by atoms with Crippen LogP contribution in [0.3, 0.4) is 0 Å². The lowest BCUT2D eigenvalue weighted by Crippen LogP contribution is -2.17. The van der Waals surface area contributed by atoms with Crippen molar-refractivity contribution in [1.82, 2.24) is 15.3 Å². The first-order valence-corrected chi connectivity index (χ1v) is 10.8. The maximum Gasteiger partial charge on any atom is 0.269 e. The minimum absolute atomic E-state index is 0.0385. The molecule has 0 saturated carbocycles. The highest BCUT2D eigenvalue weighted by Gasteiger charge is 2.12. The Labute approximate surface area is 195 Å². The Morgan fingerprint density at radius 3 is 2.64 bits per heavy atom. The Balaban J connectivity index is 1.33. The van der Waals surface area contributed by atoms with E-state index in [-0.39, 0.29) is 12.3 Å². The number of nitrogens with zero attached hydrogens (tertiary/aromatic N) is 2. The minimum Gasteiger partial charge on any atom is -0.493 e. The quantitative estimate of drug-likeness (QED) is 0.193. The molecule has 4 rings (SSSR count). The van der Waals surface area contributed by atoms with Crippen LogP contribution in [0.4, 0.5) is 5.69 Å². The van der Waals surface area contributed by atoms with Crippen molar-refractivity contribution in [3.05, 3.63) is 92.8 Å². The number of benzene rings is 3. The number of para-hydroxylation sites is 2. The van der Waals surface area contributed by atoms with E-state index < -0.39 is 4.92 Å². The van der Waals surface area contributed by atoms with E-state index in [2.05, 4.69) is 15.3 Å². The number of nitro groups is 1. The number of methoxy groups -OCH3 is 1. The number of non-ortho nitro benzene ring substituents is 1. The van der Waals surface area contributed by atoms with Crippen LogP contribution in [0.25, 0.3) is 11.0 Å². The number of nitro benzene ring substituents is 1. The van der Waals surface area contributed by atoms with Gasteiger partial charge in [0.15, 0.2) is 11.5 Å². The van der Waals surface area contributed by atoms with Gasteiger partial charge < -0.3 is 19.8 Å². The van der Waals surface area contributed by atoms with E-state index in [0.717, 1.165) is 41.0 Å². The van der Waals surface area contributed by atoms with Crippen molar-refractivity contribution in [2.45, 2.75) is 19.6 Å². The second-order valence-electron chi connectivity index (χ2n) is 7.43. The number of aromatic nitrogens is 2. The molecular formula is C24H23ClN4O4. The van der Waals surface area contributed by atoms with Gasteiger partial charge in [-0.2, -0.15) is 0 Å². The highest BCUT2D eigenvalue weighted by molar-refractivity contribution is 6.31. The Hall–Kier alpha value is -3.62. The standard InChI is InChI=1S/C24H23ClN4O4/c1-32-22-12-17(14-26-11-10-24-27-20-4-2-3-5-21(20)28-24)19(25)13-23(22)33-15-16-6-8-18(9-7-16)29(30)31/h2-9,12-13,26H,10-11,14-15H2,1H3,(H,27,28). The molecule has 0 aliphatic carbocycles. The second-order valence-corrected chi connectivity index (χ2v) is 7.84. The summed E-state index contributed by atoms with van der Waals surface area (Å²) in [5.41, 5.74) is 3.72. The molecule has 1 aromatic heterocycles. The van der Waals surface area contributed by atoms with Gasteiger partial charge in [0.1, 0.15) is 12.4 Å². The van der Waals surface area contributed by atoms with Crippen LogP contribution >= 0.6 is 11.6 Å². The van der Waals surface area contributed by atoms with Crippen molar-refractivity contribution >= 4 is 28.3 Å². The molecule has 1 heterocycles. The van der Waals surface area contributed by atoms with Gasteiger partial charge in [0.05, 0.1) is 23.1 Å². The number of hydrogen-bond acceptors (Lipinski definition) is 6. The fourth-order valence-corrected chi connectivity index (χ4v) is 3.63. The maximum absolute atomic E-state index is 10.8. The van der Waals surface area contributed by atoms with Crippen LogP contribution < -0.4 is 14.8 Å². The zero-order valence-electron chi connectivity index (χ0n) is 18.0. The molecular weight excluding hydrogens is 444 g/mol. The molecule has 0 atom stereocenters. The highest BCUT2D eigenvalue weighted by atomic mass is 35.5. The summed E-state index contributed by atoms with van der Waals surface area (Å²) in [6.07, 6.45) is 0.764. The molecule has 9 heteroatoms. The number of halogens is 1. The molecule has 0 saturated heterocycles. The normalized spacial score (nSPS) is 11.0. The lowest BCUT2D eigenvalue weighted by Gasteiger charge is -2.14. The van der Waals surface area contributed by atoms with Gasteiger partial charge in [0.2, 0.25) is 0 Å². The van der Waals surface area contributed by atoms with Crippen molar-refractivity contribution in [2.24, 2.45) is 0 Å². The smallest absolute Gasteiger partial charge is 0.269 e. The Morgan fingerprint density at radius 2 is 1.91 bits per heavy atom. The molecule has 170 valence electrons. The summed E-state index contributed by atoms with van der Waals surface area (Å²) in [5, 5.41) is 14.7. The lowest BCUT2D eigenvalue weighted by atomic mass is 10.2. The fraction of sp³-hybridized carbons (Fsp3) is 0.208. The number of rotatable bonds is 10. The van der Waals surface area contributed by atoms with Gasteiger partial charge in [-0.3, -0.25) is 10.1 Å². The summed E-state index contributed by atoms with van der Waals surface area (Å²) < 4.78 is 11.3. The largest absolute Gasteiger partial charge is 0.493 e. The number of aromatic amines is 1. The van der Waals surface area contributed by atoms with Gasteiger partial charge in [-0.05, 0) is 41.5 Å². The van der Waals surface area contributed by atoms with Crippen molar-refractivity contribution in [3.63, 3.8) is 0 Å². The van der Waals surface area contributed by atoms with Crippen LogP contribution in [0.5, 0.6) is 11.5 Å². The third-order valence-corrected chi connectivity index (χ3v) is 5.52. The predicted octanol–water partition coefficient (Wildman–Crippen LogP) is 5.04. The average molecular weight is 467 g/mol. The van der Waals surface area contributed by atoms with Gasteiger partial charge in [0, 0.05) is 42.7 Å². The van der Waals surface area contributed by atoms with Crippen molar-refractivity contribution < 1.29 is 14.4 Å². The van der Waals surface area contributed by atoms with E-state index in [0.29, 0.717) is 23.1 Å². The average Bonchev–Trinajstić information content (AvgIpc) is 3.24. The van der Waals surface area contributed by atoms with Crippen molar-refractivity contribution in [2.75, 3.05) is 13.7 Å². The van der Waals surface area contributed by atoms with Gasteiger partial charge in [-0.1, -0.05) is 23.7 Å². The summed E-state index contributed by atoms with van der Waals surface area (Å²) in [4.78, 5) is 18.2. The molecule has 0 aliphatic rings. The van der Waals surface area contributed by atoms with E-state index in [9.17, 15) is 10.1 Å². The van der Waals surface area contributed by atoms with Crippen LogP contribution in [0.1, 0.15) is 17.0 Å². The number of nitrogens with one attached hydrogen (secondary N) is 2. The molecule has 8 nitrogen and oxygen atoms in total. The molecule has 0 fully saturated rings. The Bertz CT molecular complexity index is 1220. The summed E-state index contributed by atoms with van der Waals surface area (Å²) in [7, 11) is 1.57. The minimum atomic E-state index is -0.434. The van der Waals surface area contributed by atoms with Crippen molar-refractivity contribution in [3.8, 4) is 11.5 Å². The highest BCUT2D eigenvalue weighted by Crippen LogP contribution is 2.34. The number of imidazole rings is 1. The molecule has 0 amide bonds. The SMILES string of the molecule is COc1cc(CNCCc2nc3ccccc3[nH]2)c(Cl)cc1OCc1ccc([N+](=O)[O-])cc1. The van der Waals surface area contributed by atoms with Crippen LogP contribution in [0.15, 0.2) is 60.7 Å². The summed E-state index contributed by atoms with van der Waals surface area (Å²) in [5.74, 6) is 2.00. The lowest BCUT2D eigenvalue weighted by molar-refractivity contribution is -0.384.